The van der Waals surface area contributed by atoms with E-state index in [0.717, 1.165) is 31.3 Å². The number of anilines is 1. The highest BCUT2D eigenvalue weighted by Crippen LogP contribution is 2.38. The molecule has 5 rings (SSSR count). The summed E-state index contributed by atoms with van der Waals surface area (Å²) in [5.41, 5.74) is -0.504. The Kier molecular flexibility index (Phi) is 5.41. The Balaban J connectivity index is 1.61. The van der Waals surface area contributed by atoms with Crippen molar-refractivity contribution >= 4 is 28.2 Å². The lowest BCUT2D eigenvalue weighted by atomic mass is 10.1. The van der Waals surface area contributed by atoms with E-state index < -0.39 is 17.3 Å². The fourth-order valence-electron chi connectivity index (χ4n) is 3.94. The number of thiazole rings is 1. The maximum atomic E-state index is 13.8. The van der Waals surface area contributed by atoms with E-state index >= 15 is 0 Å². The largest absolute Gasteiger partial charge is 0.419 e. The number of pyridine rings is 1. The number of nitrogens with zero attached hydrogens (tertiary/aromatic N) is 4. The number of H-pyrrole nitrogens is 1. The van der Waals surface area contributed by atoms with Crippen molar-refractivity contribution in [3.63, 3.8) is 0 Å². The van der Waals surface area contributed by atoms with E-state index in [1.54, 1.807) is 6.07 Å². The highest BCUT2D eigenvalue weighted by atomic mass is 32.1. The Bertz CT molecular complexity index is 1370. The van der Waals surface area contributed by atoms with E-state index in [1.165, 1.54) is 28.3 Å². The number of piperidine rings is 1. The fraction of sp³-hybridized carbons (Fsp3) is 0.333. The summed E-state index contributed by atoms with van der Waals surface area (Å²) in [6.07, 6.45) is 0.860. The number of rotatable bonds is 4. The molecule has 33 heavy (non-hydrogen) atoms. The average molecular weight is 476 g/mol. The molecule has 0 saturated carbocycles. The van der Waals surface area contributed by atoms with Gasteiger partial charge in [-0.2, -0.15) is 13.2 Å². The lowest BCUT2D eigenvalue weighted by Gasteiger charge is -2.24. The zero-order valence-electron chi connectivity index (χ0n) is 17.5. The van der Waals surface area contributed by atoms with Gasteiger partial charge in [-0.1, -0.05) is 0 Å². The van der Waals surface area contributed by atoms with Crippen LogP contribution in [0.1, 0.15) is 24.1 Å². The SMILES string of the molecule is Cc1csc(-n2ccc3c(-c4nc(NC5CCCNC5)ncc4C(F)(F)F)c[nH]c3c2=O)n1. The summed E-state index contributed by atoms with van der Waals surface area (Å²) in [6.45, 7) is 3.41. The minimum atomic E-state index is -4.66. The van der Waals surface area contributed by atoms with Gasteiger partial charge in [-0.25, -0.2) is 15.0 Å². The molecular formula is C21H20F3N7OS. The molecule has 0 spiro atoms. The molecular weight excluding hydrogens is 455 g/mol. The van der Waals surface area contributed by atoms with Crippen LogP contribution in [0, 0.1) is 6.92 Å². The average Bonchev–Trinajstić information content (AvgIpc) is 3.41. The summed E-state index contributed by atoms with van der Waals surface area (Å²) in [5, 5.41) is 9.01. The topological polar surface area (TPSA) is 101 Å². The number of hydrogen-bond donors (Lipinski definition) is 3. The van der Waals surface area contributed by atoms with Crippen LogP contribution < -0.4 is 16.2 Å². The van der Waals surface area contributed by atoms with Crippen molar-refractivity contribution in [2.45, 2.75) is 32.0 Å². The summed E-state index contributed by atoms with van der Waals surface area (Å²) in [6, 6.07) is 1.62. The molecule has 1 fully saturated rings. The minimum absolute atomic E-state index is 0.0280. The predicted molar refractivity (Wildman–Crippen MR) is 120 cm³/mol. The van der Waals surface area contributed by atoms with E-state index in [4.69, 9.17) is 0 Å². The van der Waals surface area contributed by atoms with Crippen LogP contribution in [0.25, 0.3) is 27.3 Å². The van der Waals surface area contributed by atoms with Crippen LogP contribution in [-0.2, 0) is 6.18 Å². The molecule has 8 nitrogen and oxygen atoms in total. The smallest absolute Gasteiger partial charge is 0.356 e. The quantitative estimate of drug-likeness (QED) is 0.416. The second-order valence-corrected chi connectivity index (χ2v) is 8.73. The summed E-state index contributed by atoms with van der Waals surface area (Å²) in [5.74, 6) is 0.118. The van der Waals surface area contributed by atoms with Crippen molar-refractivity contribution in [2.75, 3.05) is 18.4 Å². The molecule has 0 aliphatic carbocycles. The van der Waals surface area contributed by atoms with E-state index in [-0.39, 0.29) is 28.8 Å². The maximum Gasteiger partial charge on any atom is 0.419 e. The third-order valence-corrected chi connectivity index (χ3v) is 6.49. The number of aromatic nitrogens is 5. The first-order valence-corrected chi connectivity index (χ1v) is 11.3. The van der Waals surface area contributed by atoms with E-state index in [0.29, 0.717) is 17.1 Å². The summed E-state index contributed by atoms with van der Waals surface area (Å²) in [4.78, 5) is 28.3. The maximum absolute atomic E-state index is 13.8. The molecule has 1 atom stereocenters. The molecule has 4 aromatic heterocycles. The molecule has 0 bridgehead atoms. The van der Waals surface area contributed by atoms with Gasteiger partial charge in [0.15, 0.2) is 5.13 Å². The van der Waals surface area contributed by atoms with Gasteiger partial charge in [0.2, 0.25) is 5.95 Å². The molecule has 12 heteroatoms. The second-order valence-electron chi connectivity index (χ2n) is 7.89. The van der Waals surface area contributed by atoms with Crippen LogP contribution in [-0.4, -0.2) is 43.6 Å². The number of aromatic amines is 1. The van der Waals surface area contributed by atoms with Crippen molar-refractivity contribution < 1.29 is 13.2 Å². The molecule has 0 radical (unpaired) electrons. The molecule has 172 valence electrons. The molecule has 1 unspecified atom stereocenters. The number of hydrogen-bond acceptors (Lipinski definition) is 7. The highest BCUT2D eigenvalue weighted by Gasteiger charge is 2.36. The Labute approximate surface area is 189 Å². The lowest BCUT2D eigenvalue weighted by Crippen LogP contribution is -2.38. The van der Waals surface area contributed by atoms with E-state index in [2.05, 4.69) is 30.6 Å². The Hall–Kier alpha value is -3.25. The number of aryl methyl sites for hydroxylation is 1. The van der Waals surface area contributed by atoms with Gasteiger partial charge in [0.25, 0.3) is 5.56 Å². The van der Waals surface area contributed by atoms with Gasteiger partial charge in [-0.15, -0.1) is 11.3 Å². The number of nitrogens with one attached hydrogen (secondary N) is 3. The van der Waals surface area contributed by atoms with Crippen LogP contribution >= 0.6 is 11.3 Å². The van der Waals surface area contributed by atoms with Crippen LogP contribution in [0.15, 0.2) is 34.8 Å². The summed E-state index contributed by atoms with van der Waals surface area (Å²) >= 11 is 1.31. The van der Waals surface area contributed by atoms with Gasteiger partial charge < -0.3 is 15.6 Å². The molecule has 3 N–H and O–H groups in total. The molecule has 1 aliphatic rings. The standard InChI is InChI=1S/C21H20F3N7OS/c1-11-10-33-20(28-11)31-6-4-13-14(8-26-17(13)18(31)32)16-15(21(22,23)24)9-27-19(30-16)29-12-3-2-5-25-7-12/h4,6,8-10,12,25-26H,2-3,5,7H2,1H3,(H,27,29,30). The van der Waals surface area contributed by atoms with Gasteiger partial charge in [-0.05, 0) is 32.4 Å². The monoisotopic (exact) mass is 475 g/mol. The highest BCUT2D eigenvalue weighted by molar-refractivity contribution is 7.12. The van der Waals surface area contributed by atoms with Gasteiger partial charge in [0.1, 0.15) is 11.1 Å². The predicted octanol–water partition coefficient (Wildman–Crippen LogP) is 3.72. The molecule has 5 heterocycles. The van der Waals surface area contributed by atoms with Crippen molar-refractivity contribution in [2.24, 2.45) is 0 Å². The first-order chi connectivity index (χ1) is 15.8. The Morgan fingerprint density at radius 1 is 1.30 bits per heavy atom. The first kappa shape index (κ1) is 21.6. The minimum Gasteiger partial charge on any atom is -0.356 e. The van der Waals surface area contributed by atoms with Crippen molar-refractivity contribution in [3.8, 4) is 16.4 Å². The first-order valence-electron chi connectivity index (χ1n) is 10.4. The van der Waals surface area contributed by atoms with Gasteiger partial charge in [0, 0.05) is 47.5 Å². The number of alkyl halides is 3. The van der Waals surface area contributed by atoms with Gasteiger partial charge in [-0.3, -0.25) is 9.36 Å². The van der Waals surface area contributed by atoms with E-state index in [1.807, 2.05) is 12.3 Å². The van der Waals surface area contributed by atoms with E-state index in [9.17, 15) is 18.0 Å². The van der Waals surface area contributed by atoms with Crippen molar-refractivity contribution in [3.05, 3.63) is 51.6 Å². The third-order valence-electron chi connectivity index (χ3n) is 5.54. The zero-order chi connectivity index (χ0) is 23.2. The van der Waals surface area contributed by atoms with Gasteiger partial charge >= 0.3 is 6.18 Å². The molecule has 1 aliphatic heterocycles. The Morgan fingerprint density at radius 3 is 2.85 bits per heavy atom. The normalized spacial score (nSPS) is 16.9. The van der Waals surface area contributed by atoms with Crippen LogP contribution in [0.2, 0.25) is 0 Å². The molecule has 0 amide bonds. The van der Waals surface area contributed by atoms with Crippen LogP contribution in [0.3, 0.4) is 0 Å². The number of halogens is 3. The molecule has 0 aromatic carbocycles. The Morgan fingerprint density at radius 2 is 2.15 bits per heavy atom. The van der Waals surface area contributed by atoms with Crippen LogP contribution in [0.4, 0.5) is 19.1 Å². The molecule has 4 aromatic rings. The van der Waals surface area contributed by atoms with Crippen molar-refractivity contribution in [1.82, 2.24) is 29.8 Å². The van der Waals surface area contributed by atoms with Gasteiger partial charge in [0.05, 0.1) is 11.4 Å². The third kappa shape index (κ3) is 4.11. The van der Waals surface area contributed by atoms with Crippen LogP contribution in [0.5, 0.6) is 0 Å². The fourth-order valence-corrected chi connectivity index (χ4v) is 4.72. The summed E-state index contributed by atoms with van der Waals surface area (Å²) in [7, 11) is 0. The second kappa shape index (κ2) is 8.27. The molecule has 1 saturated heterocycles. The zero-order valence-corrected chi connectivity index (χ0v) is 18.3. The van der Waals surface area contributed by atoms with Crippen molar-refractivity contribution in [1.29, 1.82) is 0 Å². The summed E-state index contributed by atoms with van der Waals surface area (Å²) < 4.78 is 42.8. The lowest BCUT2D eigenvalue weighted by molar-refractivity contribution is -0.137. The number of fused-ring (bicyclic) bond motifs is 1.